The number of nitrogens with zero attached hydrogens (tertiary/aromatic N) is 2. The van der Waals surface area contributed by atoms with Crippen molar-refractivity contribution in [3.8, 4) is 5.75 Å². The lowest BCUT2D eigenvalue weighted by molar-refractivity contribution is -0.164. The molecule has 2 aromatic rings. The summed E-state index contributed by atoms with van der Waals surface area (Å²) in [6.07, 6.45) is -7.86. The molecule has 28 heavy (non-hydrogen) atoms. The van der Waals surface area contributed by atoms with E-state index in [-0.39, 0.29) is 17.4 Å². The first kappa shape index (κ1) is 20.3. The number of aliphatic hydroxyl groups is 1. The molecule has 0 fully saturated rings. The first-order valence-electron chi connectivity index (χ1n) is 7.89. The lowest BCUT2D eigenvalue weighted by Crippen LogP contribution is -2.51. The van der Waals surface area contributed by atoms with E-state index in [9.17, 15) is 27.5 Å². The van der Waals surface area contributed by atoms with Crippen LogP contribution in [0, 0.1) is 0 Å². The lowest BCUT2D eigenvalue weighted by atomic mass is 10.1. The molecule has 1 aliphatic rings. The molecule has 3 rings (SSSR count). The number of hydrogen-bond acceptors (Lipinski definition) is 5. The average Bonchev–Trinajstić information content (AvgIpc) is 3.26. The summed E-state index contributed by atoms with van der Waals surface area (Å²) in [5.41, 5.74) is -4.18. The van der Waals surface area contributed by atoms with Crippen LogP contribution in [0.3, 0.4) is 0 Å². The predicted molar refractivity (Wildman–Crippen MR) is 92.4 cm³/mol. The van der Waals surface area contributed by atoms with Gasteiger partial charge in [0.25, 0.3) is 12.9 Å². The summed E-state index contributed by atoms with van der Waals surface area (Å²) in [4.78, 5) is 12.4. The summed E-state index contributed by atoms with van der Waals surface area (Å²) in [5.74, 6) is -1.05. The number of furan rings is 1. The summed E-state index contributed by atoms with van der Waals surface area (Å²) in [5, 5.41) is 13.1. The van der Waals surface area contributed by atoms with Gasteiger partial charge in [-0.1, -0.05) is 12.1 Å². The number of ether oxygens (including phenoxy) is 1. The van der Waals surface area contributed by atoms with E-state index in [1.807, 2.05) is 0 Å². The van der Waals surface area contributed by atoms with Gasteiger partial charge in [0, 0.05) is 6.42 Å². The molecule has 2 heterocycles. The highest BCUT2D eigenvalue weighted by molar-refractivity contribution is 9.10. The Kier molecular flexibility index (Phi) is 5.75. The van der Waals surface area contributed by atoms with Crippen molar-refractivity contribution >= 4 is 27.5 Å². The van der Waals surface area contributed by atoms with Crippen molar-refractivity contribution in [1.29, 1.82) is 0 Å². The van der Waals surface area contributed by atoms with Crippen molar-refractivity contribution in [3.05, 3.63) is 52.4 Å². The Morgan fingerprint density at radius 2 is 2.00 bits per heavy atom. The van der Waals surface area contributed by atoms with E-state index in [2.05, 4.69) is 21.0 Å². The van der Waals surface area contributed by atoms with E-state index in [1.54, 1.807) is 24.3 Å². The van der Waals surface area contributed by atoms with Crippen LogP contribution in [0.5, 0.6) is 5.75 Å². The Balaban J connectivity index is 1.76. The van der Waals surface area contributed by atoms with Crippen LogP contribution in [0.4, 0.5) is 17.6 Å². The normalized spacial score (nSPS) is 19.4. The molecule has 0 radical (unpaired) electrons. The van der Waals surface area contributed by atoms with Crippen molar-refractivity contribution in [1.82, 2.24) is 5.01 Å². The minimum atomic E-state index is -3.51. The molecule has 0 bridgehead atoms. The van der Waals surface area contributed by atoms with Gasteiger partial charge < -0.3 is 14.3 Å². The molecule has 0 aliphatic carbocycles. The summed E-state index contributed by atoms with van der Waals surface area (Å²) in [6.45, 7) is -0.0828. The van der Waals surface area contributed by atoms with Gasteiger partial charge in [0.15, 0.2) is 5.76 Å². The maximum Gasteiger partial charge on any atom is 0.312 e. The first-order valence-corrected chi connectivity index (χ1v) is 8.68. The highest BCUT2D eigenvalue weighted by Crippen LogP contribution is 2.34. The number of amides is 1. The van der Waals surface area contributed by atoms with Gasteiger partial charge in [-0.25, -0.2) is 17.6 Å². The number of para-hydroxylation sites is 1. The molecule has 0 saturated heterocycles. The number of hydrogen-bond donors (Lipinski definition) is 1. The smallest absolute Gasteiger partial charge is 0.312 e. The van der Waals surface area contributed by atoms with E-state index in [4.69, 9.17) is 9.15 Å². The fourth-order valence-electron chi connectivity index (χ4n) is 2.49. The molecule has 0 unspecified atom stereocenters. The predicted octanol–water partition coefficient (Wildman–Crippen LogP) is 4.04. The van der Waals surface area contributed by atoms with Crippen LogP contribution in [0.1, 0.15) is 22.7 Å². The molecule has 1 aromatic carbocycles. The quantitative estimate of drug-likeness (QED) is 0.654. The Labute approximate surface area is 164 Å². The minimum absolute atomic E-state index is 0.0591. The van der Waals surface area contributed by atoms with Crippen LogP contribution in [0.25, 0.3) is 0 Å². The Hall–Kier alpha value is -2.40. The summed E-state index contributed by atoms with van der Waals surface area (Å²) in [7, 11) is 0. The second-order valence-electron chi connectivity index (χ2n) is 5.85. The summed E-state index contributed by atoms with van der Waals surface area (Å²) in [6, 6.07) is 9.49. The molecule has 0 saturated carbocycles. The molecule has 0 spiro atoms. The van der Waals surface area contributed by atoms with E-state index >= 15 is 0 Å². The molecule has 11 heteroatoms. The van der Waals surface area contributed by atoms with Crippen molar-refractivity contribution in [2.45, 2.75) is 31.6 Å². The van der Waals surface area contributed by atoms with E-state index in [0.717, 1.165) is 6.07 Å². The van der Waals surface area contributed by atoms with Gasteiger partial charge in [-0.2, -0.15) is 10.1 Å². The van der Waals surface area contributed by atoms with Crippen LogP contribution in [0.15, 0.2) is 50.4 Å². The van der Waals surface area contributed by atoms with Gasteiger partial charge >= 0.3 is 5.91 Å². The molecule has 150 valence electrons. The molecule has 6 nitrogen and oxygen atoms in total. The number of carbonyl (C=O) groups is 1. The van der Waals surface area contributed by atoms with Gasteiger partial charge in [-0.05, 0) is 40.2 Å². The number of halogens is 5. The number of rotatable bonds is 6. The Morgan fingerprint density at radius 3 is 2.64 bits per heavy atom. The topological polar surface area (TPSA) is 75.3 Å². The number of carbonyl (C=O) groups excluding carboxylic acids is 1. The third kappa shape index (κ3) is 3.90. The van der Waals surface area contributed by atoms with Crippen molar-refractivity contribution < 1.29 is 36.6 Å². The van der Waals surface area contributed by atoms with E-state index in [0.29, 0.717) is 10.2 Å². The fourth-order valence-corrected chi connectivity index (χ4v) is 2.89. The molecular weight excluding hydrogens is 452 g/mol. The van der Waals surface area contributed by atoms with Gasteiger partial charge in [-0.15, -0.1) is 0 Å². The van der Waals surface area contributed by atoms with Crippen LogP contribution >= 0.6 is 15.9 Å². The second-order valence-corrected chi connectivity index (χ2v) is 6.70. The zero-order valence-corrected chi connectivity index (χ0v) is 15.6. The Bertz CT molecular complexity index is 905. The number of alkyl halides is 4. The molecule has 1 aliphatic heterocycles. The molecule has 1 N–H and O–H groups in total. The van der Waals surface area contributed by atoms with Gasteiger partial charge in [0.1, 0.15) is 23.8 Å². The third-order valence-electron chi connectivity index (χ3n) is 3.91. The monoisotopic (exact) mass is 464 g/mol. The lowest BCUT2D eigenvalue weighted by Gasteiger charge is -2.29. The van der Waals surface area contributed by atoms with Crippen molar-refractivity contribution in [2.24, 2.45) is 5.10 Å². The average molecular weight is 465 g/mol. The maximum absolute atomic E-state index is 13.2. The maximum atomic E-state index is 13.2. The molecule has 1 atom stereocenters. The van der Waals surface area contributed by atoms with Crippen LogP contribution < -0.4 is 4.74 Å². The van der Waals surface area contributed by atoms with Gasteiger partial charge in [0.2, 0.25) is 5.72 Å². The van der Waals surface area contributed by atoms with Crippen LogP contribution in [-0.4, -0.2) is 40.3 Å². The van der Waals surface area contributed by atoms with E-state index < -0.39 is 42.4 Å². The van der Waals surface area contributed by atoms with Crippen LogP contribution in [0.2, 0.25) is 0 Å². The molecule has 1 amide bonds. The number of benzene rings is 1. The van der Waals surface area contributed by atoms with Gasteiger partial charge in [0.05, 0.1) is 4.47 Å². The SMILES string of the molecule is O=C(c1ccc(COc2ccccc2Br)o1)N1N=C(C(F)F)C[C@@]1(O)C(F)F. The highest BCUT2D eigenvalue weighted by atomic mass is 79.9. The first-order chi connectivity index (χ1) is 13.2. The second kappa shape index (κ2) is 7.92. The molecular formula is C17H13BrF4N2O4. The summed E-state index contributed by atoms with van der Waals surface area (Å²) >= 11 is 3.30. The van der Waals surface area contributed by atoms with Crippen molar-refractivity contribution in [3.63, 3.8) is 0 Å². The molecule has 1 aromatic heterocycles. The fraction of sp³-hybridized carbons (Fsp3) is 0.294. The number of hydrazone groups is 1. The zero-order chi connectivity index (χ0) is 20.5. The van der Waals surface area contributed by atoms with E-state index in [1.165, 1.54) is 6.07 Å². The third-order valence-corrected chi connectivity index (χ3v) is 4.56. The summed E-state index contributed by atoms with van der Waals surface area (Å²) < 4.78 is 63.5. The van der Waals surface area contributed by atoms with Crippen molar-refractivity contribution in [2.75, 3.05) is 0 Å². The zero-order valence-electron chi connectivity index (χ0n) is 14.0. The largest absolute Gasteiger partial charge is 0.484 e. The van der Waals surface area contributed by atoms with Crippen LogP contribution in [-0.2, 0) is 6.61 Å². The Morgan fingerprint density at radius 1 is 1.29 bits per heavy atom. The standard InChI is InChI=1S/C17H13BrF4N2O4/c18-10-3-1-2-4-12(10)27-8-9-5-6-13(28-9)15(25)24-17(26,16(21)22)7-11(23-24)14(19)20/h1-6,14,16,26H,7-8H2/t17-/m1/s1. The van der Waals surface area contributed by atoms with Gasteiger partial charge in [-0.3, -0.25) is 4.79 Å². The highest BCUT2D eigenvalue weighted by Gasteiger charge is 2.53. The minimum Gasteiger partial charge on any atom is -0.484 e.